The number of carbonyl (C=O) groups is 2. The summed E-state index contributed by atoms with van der Waals surface area (Å²) >= 11 is 0. The molecule has 7 heteroatoms. The van der Waals surface area contributed by atoms with E-state index in [-0.39, 0.29) is 24.8 Å². The SMILES string of the molecule is O=C(CN1C(=O)CCOc2ccccc21)Nc1cnccn1. The highest BCUT2D eigenvalue weighted by atomic mass is 16.5. The third-order valence-corrected chi connectivity index (χ3v) is 3.16. The molecule has 2 amide bonds. The third kappa shape index (κ3) is 3.03. The molecule has 0 atom stereocenters. The number of rotatable bonds is 3. The molecule has 0 spiro atoms. The summed E-state index contributed by atoms with van der Waals surface area (Å²) in [6, 6.07) is 7.16. The predicted octanol–water partition coefficient (Wildman–Crippen LogP) is 1.23. The van der Waals surface area contributed by atoms with E-state index in [0.717, 1.165) is 0 Å². The molecule has 0 radical (unpaired) electrons. The number of amides is 2. The third-order valence-electron chi connectivity index (χ3n) is 3.16. The zero-order chi connectivity index (χ0) is 15.4. The molecule has 0 saturated heterocycles. The van der Waals surface area contributed by atoms with E-state index in [2.05, 4.69) is 15.3 Å². The summed E-state index contributed by atoms with van der Waals surface area (Å²) in [5, 5.41) is 2.61. The normalized spacial score (nSPS) is 13.8. The van der Waals surface area contributed by atoms with E-state index in [9.17, 15) is 9.59 Å². The molecule has 1 aromatic carbocycles. The van der Waals surface area contributed by atoms with E-state index in [0.29, 0.717) is 23.9 Å². The molecule has 1 N–H and O–H groups in total. The molecule has 1 aromatic heterocycles. The fraction of sp³-hybridized carbons (Fsp3) is 0.200. The van der Waals surface area contributed by atoms with Crippen molar-refractivity contribution in [1.82, 2.24) is 9.97 Å². The molecule has 0 fully saturated rings. The van der Waals surface area contributed by atoms with Crippen LogP contribution in [0.4, 0.5) is 11.5 Å². The van der Waals surface area contributed by atoms with Crippen LogP contribution in [0.3, 0.4) is 0 Å². The molecule has 0 bridgehead atoms. The van der Waals surface area contributed by atoms with Gasteiger partial charge in [0.2, 0.25) is 11.8 Å². The minimum Gasteiger partial charge on any atom is -0.491 e. The van der Waals surface area contributed by atoms with Crippen LogP contribution in [-0.2, 0) is 9.59 Å². The zero-order valence-corrected chi connectivity index (χ0v) is 11.7. The Hall–Kier alpha value is -2.96. The Balaban J connectivity index is 1.78. The molecule has 1 aliphatic heterocycles. The average Bonchev–Trinajstić information content (AvgIpc) is 2.68. The number of anilines is 2. The number of carbonyl (C=O) groups excluding carboxylic acids is 2. The minimum atomic E-state index is -0.342. The second-order valence-electron chi connectivity index (χ2n) is 4.68. The van der Waals surface area contributed by atoms with E-state index in [1.165, 1.54) is 23.5 Å². The Labute approximate surface area is 126 Å². The summed E-state index contributed by atoms with van der Waals surface area (Å²) in [5.74, 6) is 0.449. The summed E-state index contributed by atoms with van der Waals surface area (Å²) < 4.78 is 5.53. The van der Waals surface area contributed by atoms with Gasteiger partial charge in [-0.25, -0.2) is 4.98 Å². The molecule has 22 heavy (non-hydrogen) atoms. The molecular formula is C15H14N4O3. The first-order valence-corrected chi connectivity index (χ1v) is 6.82. The number of fused-ring (bicyclic) bond motifs is 1. The van der Waals surface area contributed by atoms with E-state index in [1.807, 2.05) is 6.07 Å². The molecule has 0 saturated carbocycles. The Morgan fingerprint density at radius 1 is 1.32 bits per heavy atom. The van der Waals surface area contributed by atoms with Gasteiger partial charge >= 0.3 is 0 Å². The maximum atomic E-state index is 12.2. The lowest BCUT2D eigenvalue weighted by atomic mass is 10.2. The first-order valence-electron chi connectivity index (χ1n) is 6.82. The predicted molar refractivity (Wildman–Crippen MR) is 79.6 cm³/mol. The number of nitrogens with zero attached hydrogens (tertiary/aromatic N) is 3. The van der Waals surface area contributed by atoms with Crippen molar-refractivity contribution in [3.8, 4) is 5.75 Å². The Bertz CT molecular complexity index is 690. The van der Waals surface area contributed by atoms with Crippen molar-refractivity contribution in [2.75, 3.05) is 23.4 Å². The van der Waals surface area contributed by atoms with Crippen molar-refractivity contribution >= 4 is 23.3 Å². The van der Waals surface area contributed by atoms with E-state index >= 15 is 0 Å². The van der Waals surface area contributed by atoms with Crippen molar-refractivity contribution in [2.24, 2.45) is 0 Å². The Morgan fingerprint density at radius 3 is 3.00 bits per heavy atom. The van der Waals surface area contributed by atoms with Gasteiger partial charge in [-0.05, 0) is 12.1 Å². The van der Waals surface area contributed by atoms with Crippen LogP contribution in [-0.4, -0.2) is 34.9 Å². The van der Waals surface area contributed by atoms with Gasteiger partial charge in [-0.3, -0.25) is 19.5 Å². The zero-order valence-electron chi connectivity index (χ0n) is 11.7. The molecule has 3 rings (SSSR count). The van der Waals surface area contributed by atoms with Crippen molar-refractivity contribution in [3.05, 3.63) is 42.9 Å². The molecule has 2 heterocycles. The van der Waals surface area contributed by atoms with Crippen LogP contribution in [0.25, 0.3) is 0 Å². The molecule has 0 aliphatic carbocycles. The highest BCUT2D eigenvalue weighted by Gasteiger charge is 2.25. The first kappa shape index (κ1) is 14.0. The summed E-state index contributed by atoms with van der Waals surface area (Å²) in [6.07, 6.45) is 4.67. The van der Waals surface area contributed by atoms with Gasteiger partial charge in [-0.2, -0.15) is 0 Å². The Kier molecular flexibility index (Phi) is 3.95. The van der Waals surface area contributed by atoms with Crippen LogP contribution >= 0.6 is 0 Å². The molecule has 7 nitrogen and oxygen atoms in total. The second kappa shape index (κ2) is 6.21. The maximum absolute atomic E-state index is 12.2. The second-order valence-corrected chi connectivity index (χ2v) is 4.68. The summed E-state index contributed by atoms with van der Waals surface area (Å²) in [6.45, 7) is 0.202. The van der Waals surface area contributed by atoms with E-state index in [1.54, 1.807) is 18.2 Å². The fourth-order valence-corrected chi connectivity index (χ4v) is 2.18. The smallest absolute Gasteiger partial charge is 0.245 e. The van der Waals surface area contributed by atoms with Crippen LogP contribution in [0.5, 0.6) is 5.75 Å². The quantitative estimate of drug-likeness (QED) is 0.921. The van der Waals surface area contributed by atoms with Gasteiger partial charge in [0.1, 0.15) is 12.3 Å². The standard InChI is InChI=1S/C15H14N4O3/c20-14(18-13-9-16-6-7-17-13)10-19-11-3-1-2-4-12(11)22-8-5-15(19)21/h1-4,6-7,9H,5,8,10H2,(H,17,18,20). The Morgan fingerprint density at radius 2 is 2.18 bits per heavy atom. The molecule has 112 valence electrons. The van der Waals surface area contributed by atoms with Crippen molar-refractivity contribution < 1.29 is 14.3 Å². The highest BCUT2D eigenvalue weighted by molar-refractivity contribution is 6.03. The molecule has 1 aliphatic rings. The lowest BCUT2D eigenvalue weighted by Gasteiger charge is -2.21. The van der Waals surface area contributed by atoms with Gasteiger partial charge in [0, 0.05) is 12.4 Å². The van der Waals surface area contributed by atoms with Crippen LogP contribution in [0.2, 0.25) is 0 Å². The lowest BCUT2D eigenvalue weighted by molar-refractivity contribution is -0.121. The monoisotopic (exact) mass is 298 g/mol. The summed E-state index contributed by atoms with van der Waals surface area (Å²) in [4.78, 5) is 33.6. The van der Waals surface area contributed by atoms with Gasteiger partial charge < -0.3 is 10.1 Å². The number of para-hydroxylation sites is 2. The topological polar surface area (TPSA) is 84.4 Å². The highest BCUT2D eigenvalue weighted by Crippen LogP contribution is 2.30. The molecular weight excluding hydrogens is 284 g/mol. The van der Waals surface area contributed by atoms with Crippen molar-refractivity contribution in [1.29, 1.82) is 0 Å². The number of aromatic nitrogens is 2. The van der Waals surface area contributed by atoms with Gasteiger partial charge in [0.15, 0.2) is 5.82 Å². The fourth-order valence-electron chi connectivity index (χ4n) is 2.18. The van der Waals surface area contributed by atoms with Crippen molar-refractivity contribution in [2.45, 2.75) is 6.42 Å². The van der Waals surface area contributed by atoms with Gasteiger partial charge in [0.05, 0.1) is 24.9 Å². The first-order chi connectivity index (χ1) is 10.7. The largest absolute Gasteiger partial charge is 0.491 e. The van der Waals surface area contributed by atoms with Crippen molar-refractivity contribution in [3.63, 3.8) is 0 Å². The number of hydrogen-bond acceptors (Lipinski definition) is 5. The van der Waals surface area contributed by atoms with Gasteiger partial charge in [-0.15, -0.1) is 0 Å². The average molecular weight is 298 g/mol. The minimum absolute atomic E-state index is 0.101. The van der Waals surface area contributed by atoms with E-state index in [4.69, 9.17) is 4.74 Å². The van der Waals surface area contributed by atoms with Crippen LogP contribution < -0.4 is 15.0 Å². The van der Waals surface area contributed by atoms with Gasteiger partial charge in [0.25, 0.3) is 0 Å². The molecule has 2 aromatic rings. The summed E-state index contributed by atoms with van der Waals surface area (Å²) in [5.41, 5.74) is 0.597. The van der Waals surface area contributed by atoms with E-state index < -0.39 is 0 Å². The number of benzene rings is 1. The number of nitrogens with one attached hydrogen (secondary N) is 1. The van der Waals surface area contributed by atoms with Crippen LogP contribution in [0.1, 0.15) is 6.42 Å². The van der Waals surface area contributed by atoms with Crippen LogP contribution in [0, 0.1) is 0 Å². The number of ether oxygens (including phenoxy) is 1. The number of hydrogen-bond donors (Lipinski definition) is 1. The van der Waals surface area contributed by atoms with Gasteiger partial charge in [-0.1, -0.05) is 12.1 Å². The molecule has 0 unspecified atom stereocenters. The summed E-state index contributed by atoms with van der Waals surface area (Å²) in [7, 11) is 0. The lowest BCUT2D eigenvalue weighted by Crippen LogP contribution is -2.37. The van der Waals surface area contributed by atoms with Crippen LogP contribution in [0.15, 0.2) is 42.9 Å². The maximum Gasteiger partial charge on any atom is 0.245 e.